The maximum atomic E-state index is 12.4. The van der Waals surface area contributed by atoms with Gasteiger partial charge in [0.2, 0.25) is 5.95 Å². The van der Waals surface area contributed by atoms with Crippen molar-refractivity contribution in [3.8, 4) is 11.5 Å². The molecule has 3 N–H and O–H groups in total. The van der Waals surface area contributed by atoms with Crippen LogP contribution in [0.5, 0.6) is 0 Å². The summed E-state index contributed by atoms with van der Waals surface area (Å²) in [6.45, 7) is 6.80. The van der Waals surface area contributed by atoms with Gasteiger partial charge in [-0.15, -0.1) is 0 Å². The van der Waals surface area contributed by atoms with Gasteiger partial charge in [-0.1, -0.05) is 18.2 Å². The van der Waals surface area contributed by atoms with E-state index in [9.17, 15) is 4.79 Å². The third kappa shape index (κ3) is 7.00. The molecule has 6 rings (SSSR count). The fourth-order valence-electron chi connectivity index (χ4n) is 4.87. The Bertz CT molecular complexity index is 1490. The zero-order valence-corrected chi connectivity index (χ0v) is 23.0. The van der Waals surface area contributed by atoms with Gasteiger partial charge in [-0.3, -0.25) is 9.69 Å². The Morgan fingerprint density at radius 2 is 1.78 bits per heavy atom. The van der Waals surface area contributed by atoms with E-state index >= 15 is 0 Å². The average molecular weight is 552 g/mol. The predicted molar refractivity (Wildman–Crippen MR) is 156 cm³/mol. The number of aryl methyl sites for hydroxylation is 1. The number of aromatic nitrogens is 5. The predicted octanol–water partition coefficient (Wildman–Crippen LogP) is 3.71. The second-order valence-electron chi connectivity index (χ2n) is 10.5. The van der Waals surface area contributed by atoms with E-state index < -0.39 is 0 Å². The fourth-order valence-corrected chi connectivity index (χ4v) is 4.87. The van der Waals surface area contributed by atoms with Gasteiger partial charge in [-0.2, -0.15) is 4.98 Å². The number of pyridine rings is 1. The summed E-state index contributed by atoms with van der Waals surface area (Å²) in [7, 11) is 0. The largest absolute Gasteiger partial charge is 0.465 e. The number of rotatable bonds is 10. The summed E-state index contributed by atoms with van der Waals surface area (Å²) < 4.78 is 5.53. The first-order valence-electron chi connectivity index (χ1n) is 13.9. The smallest absolute Gasteiger partial charge is 0.310 e. The molecule has 1 aromatic carbocycles. The number of benzene rings is 1. The van der Waals surface area contributed by atoms with Crippen LogP contribution >= 0.6 is 0 Å². The topological polar surface area (TPSA) is 130 Å². The number of nitrogens with one attached hydrogen (secondary N) is 3. The summed E-state index contributed by atoms with van der Waals surface area (Å²) in [5.74, 6) is 2.61. The van der Waals surface area contributed by atoms with Crippen LogP contribution in [0.1, 0.15) is 17.7 Å². The highest BCUT2D eigenvalue weighted by Crippen LogP contribution is 2.23. The summed E-state index contributed by atoms with van der Waals surface area (Å²) >= 11 is 0. The van der Waals surface area contributed by atoms with E-state index in [1.54, 1.807) is 24.5 Å². The third-order valence-corrected chi connectivity index (χ3v) is 7.23. The molecule has 0 bridgehead atoms. The van der Waals surface area contributed by atoms with Crippen molar-refractivity contribution in [1.82, 2.24) is 35.1 Å². The Labute approximate surface area is 238 Å². The van der Waals surface area contributed by atoms with E-state index in [-0.39, 0.29) is 11.9 Å². The van der Waals surface area contributed by atoms with Crippen LogP contribution in [-0.2, 0) is 16.1 Å². The number of carbonyl (C=O) groups excluding carboxylic acids is 1. The molecule has 0 aliphatic carbocycles. The van der Waals surface area contributed by atoms with Crippen LogP contribution in [0.25, 0.3) is 11.5 Å². The molecule has 2 aliphatic heterocycles. The SMILES string of the molecule is Cc1cccc(-c2nccc(Nc3ccnc(Nc4ccc(CN5CCC(C(=O)OCC6CNC6)C5)cc4)n3)n2)n1. The van der Waals surface area contributed by atoms with E-state index in [0.717, 1.165) is 50.5 Å². The number of ether oxygens (including phenoxy) is 1. The molecule has 3 aromatic heterocycles. The number of esters is 1. The molecule has 0 radical (unpaired) electrons. The van der Waals surface area contributed by atoms with Gasteiger partial charge in [-0.05, 0) is 61.9 Å². The first-order valence-corrected chi connectivity index (χ1v) is 13.9. The second kappa shape index (κ2) is 12.4. The van der Waals surface area contributed by atoms with Crippen LogP contribution in [0, 0.1) is 18.8 Å². The molecule has 1 atom stereocenters. The minimum atomic E-state index is -0.0564. The van der Waals surface area contributed by atoms with Crippen LogP contribution in [-0.4, -0.2) is 68.6 Å². The van der Waals surface area contributed by atoms with Crippen molar-refractivity contribution in [2.75, 3.05) is 43.4 Å². The molecule has 1 unspecified atom stereocenters. The summed E-state index contributed by atoms with van der Waals surface area (Å²) in [4.78, 5) is 37.1. The number of carbonyl (C=O) groups is 1. The van der Waals surface area contributed by atoms with E-state index in [1.807, 2.05) is 37.3 Å². The third-order valence-electron chi connectivity index (χ3n) is 7.23. The molecule has 11 nitrogen and oxygen atoms in total. The van der Waals surface area contributed by atoms with Gasteiger partial charge in [0.15, 0.2) is 5.82 Å². The molecule has 11 heteroatoms. The number of anilines is 4. The molecule has 0 amide bonds. The Morgan fingerprint density at radius 1 is 0.976 bits per heavy atom. The maximum absolute atomic E-state index is 12.4. The van der Waals surface area contributed by atoms with Gasteiger partial charge in [0, 0.05) is 55.9 Å². The lowest BCUT2D eigenvalue weighted by Gasteiger charge is -2.26. The normalized spacial score (nSPS) is 17.1. The van der Waals surface area contributed by atoms with Gasteiger partial charge in [0.1, 0.15) is 17.3 Å². The zero-order valence-electron chi connectivity index (χ0n) is 23.0. The fraction of sp³-hybridized carbons (Fsp3) is 0.333. The van der Waals surface area contributed by atoms with Crippen molar-refractivity contribution >= 4 is 29.2 Å². The molecule has 2 aliphatic rings. The molecular weight excluding hydrogens is 518 g/mol. The highest BCUT2D eigenvalue weighted by atomic mass is 16.5. The summed E-state index contributed by atoms with van der Waals surface area (Å²) in [5.41, 5.74) is 3.69. The standard InChI is InChI=1S/C30H33N9O2/c1-20-3-2-4-25(34-20)28-32-12-9-26(37-28)36-27-10-13-33-30(38-27)35-24-7-5-21(6-8-24)17-39-14-11-23(18-39)29(40)41-19-22-15-31-16-22/h2-10,12-13,22-23,31H,11,14-19H2,1H3,(H2,32,33,35,36,37,38). The van der Waals surface area contributed by atoms with Gasteiger partial charge in [-0.25, -0.2) is 19.9 Å². The van der Waals surface area contributed by atoms with Crippen molar-refractivity contribution in [3.05, 3.63) is 78.2 Å². The van der Waals surface area contributed by atoms with Crippen LogP contribution < -0.4 is 16.0 Å². The minimum absolute atomic E-state index is 0.0323. The molecule has 210 valence electrons. The van der Waals surface area contributed by atoms with E-state index in [1.165, 1.54) is 5.56 Å². The first-order chi connectivity index (χ1) is 20.1. The Hall–Kier alpha value is -4.48. The molecule has 2 saturated heterocycles. The lowest BCUT2D eigenvalue weighted by atomic mass is 10.1. The van der Waals surface area contributed by atoms with Crippen molar-refractivity contribution < 1.29 is 9.53 Å². The lowest BCUT2D eigenvalue weighted by Crippen LogP contribution is -2.45. The molecule has 0 saturated carbocycles. The molecule has 41 heavy (non-hydrogen) atoms. The van der Waals surface area contributed by atoms with Crippen LogP contribution in [0.15, 0.2) is 67.0 Å². The van der Waals surface area contributed by atoms with E-state index in [4.69, 9.17) is 4.74 Å². The highest BCUT2D eigenvalue weighted by Gasteiger charge is 2.30. The molecular formula is C30H33N9O2. The molecule has 4 aromatic rings. The summed E-state index contributed by atoms with van der Waals surface area (Å²) in [6, 6.07) is 17.5. The van der Waals surface area contributed by atoms with Crippen LogP contribution in [0.3, 0.4) is 0 Å². The summed E-state index contributed by atoms with van der Waals surface area (Å²) in [6.07, 6.45) is 4.23. The highest BCUT2D eigenvalue weighted by molar-refractivity contribution is 5.73. The quantitative estimate of drug-likeness (QED) is 0.249. The van der Waals surface area contributed by atoms with Gasteiger partial charge < -0.3 is 20.7 Å². The Kier molecular flexibility index (Phi) is 8.06. The van der Waals surface area contributed by atoms with Crippen molar-refractivity contribution in [3.63, 3.8) is 0 Å². The minimum Gasteiger partial charge on any atom is -0.465 e. The first kappa shape index (κ1) is 26.7. The summed E-state index contributed by atoms with van der Waals surface area (Å²) in [5, 5.41) is 9.69. The maximum Gasteiger partial charge on any atom is 0.310 e. The second-order valence-corrected chi connectivity index (χ2v) is 10.5. The van der Waals surface area contributed by atoms with E-state index in [0.29, 0.717) is 41.6 Å². The lowest BCUT2D eigenvalue weighted by molar-refractivity contribution is -0.150. The number of hydrogen-bond donors (Lipinski definition) is 3. The van der Waals surface area contributed by atoms with Crippen molar-refractivity contribution in [2.45, 2.75) is 19.9 Å². The molecule has 5 heterocycles. The number of nitrogens with zero attached hydrogens (tertiary/aromatic N) is 6. The van der Waals surface area contributed by atoms with Crippen LogP contribution in [0.2, 0.25) is 0 Å². The van der Waals surface area contributed by atoms with Gasteiger partial charge >= 0.3 is 5.97 Å². The molecule has 0 spiro atoms. The monoisotopic (exact) mass is 551 g/mol. The average Bonchev–Trinajstić information content (AvgIpc) is 3.42. The molecule has 2 fully saturated rings. The van der Waals surface area contributed by atoms with Crippen molar-refractivity contribution in [2.24, 2.45) is 11.8 Å². The number of likely N-dealkylation sites (tertiary alicyclic amines) is 1. The van der Waals surface area contributed by atoms with Gasteiger partial charge in [0.25, 0.3) is 0 Å². The number of hydrogen-bond acceptors (Lipinski definition) is 11. The zero-order chi connectivity index (χ0) is 28.0. The van der Waals surface area contributed by atoms with E-state index in [2.05, 4.69) is 57.9 Å². The Balaban J connectivity index is 1.02. The van der Waals surface area contributed by atoms with Gasteiger partial charge in [0.05, 0.1) is 12.5 Å². The van der Waals surface area contributed by atoms with Crippen LogP contribution in [0.4, 0.5) is 23.3 Å². The Morgan fingerprint density at radius 3 is 2.56 bits per heavy atom. The van der Waals surface area contributed by atoms with Crippen molar-refractivity contribution in [1.29, 1.82) is 0 Å².